The molecule has 1 aromatic rings. The minimum atomic E-state index is -2.61. The summed E-state index contributed by atoms with van der Waals surface area (Å²) >= 11 is 0. The highest BCUT2D eigenvalue weighted by atomic mass is 16.8. The molecule has 0 spiro atoms. The topological polar surface area (TPSA) is 665 Å². The van der Waals surface area contributed by atoms with Gasteiger partial charge < -0.3 is 192 Å². The van der Waals surface area contributed by atoms with Crippen LogP contribution in [0.15, 0.2) is 29.9 Å². The molecule has 0 bridgehead atoms. The van der Waals surface area contributed by atoms with E-state index in [9.17, 15) is 121 Å². The summed E-state index contributed by atoms with van der Waals surface area (Å²) in [7, 11) is 4.11. The lowest BCUT2D eigenvalue weighted by atomic mass is 9.33. The number of benzene rings is 1. The van der Waals surface area contributed by atoms with Crippen LogP contribution in [-0.4, -0.2) is 401 Å². The zero-order chi connectivity index (χ0) is 96.0. The summed E-state index contributed by atoms with van der Waals surface area (Å²) in [5, 5.41) is 226. The molecule has 42 atom stereocenters. The van der Waals surface area contributed by atoms with E-state index in [4.69, 9.17) is 90.0 Å². The van der Waals surface area contributed by atoms with E-state index < -0.39 is 340 Å². The highest BCUT2D eigenvalue weighted by molar-refractivity contribution is 5.87. The Morgan fingerprint density at radius 2 is 1.09 bits per heavy atom. The number of aliphatic hydroxyl groups is 18. The maximum absolute atomic E-state index is 16.8. The first-order chi connectivity index (χ1) is 61.5. The molecular formula is C87H130O44. The monoisotopic (exact) mass is 1880 g/mol. The van der Waals surface area contributed by atoms with Gasteiger partial charge in [-0.3, -0.25) is 19.2 Å². The number of carbonyl (C=O) groups excluding carboxylic acids is 3. The number of aliphatic carboxylic acids is 2. The van der Waals surface area contributed by atoms with Crippen LogP contribution in [0.2, 0.25) is 0 Å². The van der Waals surface area contributed by atoms with Gasteiger partial charge in [-0.25, -0.2) is 4.79 Å². The summed E-state index contributed by atoms with van der Waals surface area (Å²) in [6.45, 7) is 9.66. The van der Waals surface area contributed by atoms with Gasteiger partial charge in [0.25, 0.3) is 0 Å². The van der Waals surface area contributed by atoms with Crippen molar-refractivity contribution in [2.24, 2.45) is 50.2 Å². The van der Waals surface area contributed by atoms with Gasteiger partial charge in [-0.15, -0.1) is 0 Å². The van der Waals surface area contributed by atoms with Crippen LogP contribution in [-0.2, 0) is 99.8 Å². The molecule has 7 heterocycles. The largest absolute Gasteiger partial charge is 0.493 e. The molecule has 0 aromatic heterocycles. The standard InChI is InChI=1S/C87H130O44/c1-35-52(97)55(100)58(103)72(119-35)128-67-63(124-50(95)16-13-38-23-43(113-10)65(115-12)44(24-38)114-11)37(3)121-76(68(67)129-75-61(106)66(127-77-69(107)87(112,34-118-77)33-117-51(96)28-81(6,111)27-49(93)94)62(36(2)120-75)125-71-60(105)64(42(92)31-116-71)126-73-57(102)54(99)46(30-89)122-73)131-79(110)85-20-19-80(4,5)25-40(85)39-14-15-47-82(7)26-41(91)70(130-74-59(104)56(101)53(98)45(29-88)123-74)84(9,78(108)109)48(82)17-18-83(47,8)86(39,32-90)22-21-85/h13-14,16,23-24,35-37,40-42,45-48,52-64,66-77,88-92,97-107,111-112H,15,17-22,25-34H2,1-12H3,(H,93,94)(H,108,109)/t35-,36-,37+,40-,41-,42+,45+,46+,47+,48+,52-,53+,54+,55+,56-,57-,58+,59+,60+,61+,62-,63-,64-,66-,67-,68+,69-,70-,71-,72-,73-,74-,75-,76-,77-,81-,82+,83+,84-,85-,86-,87+/m0/s1. The lowest BCUT2D eigenvalue weighted by Crippen LogP contribution is -2.71. The molecule has 0 amide bonds. The van der Waals surface area contributed by atoms with Crippen molar-refractivity contribution in [3.8, 4) is 17.2 Å². The summed E-state index contributed by atoms with van der Waals surface area (Å²) in [5.41, 5.74) is -11.0. The Bertz CT molecular complexity index is 4200. The molecule has 742 valence electrons. The molecule has 20 N–H and O–H groups in total. The third kappa shape index (κ3) is 19.2. The van der Waals surface area contributed by atoms with Crippen molar-refractivity contribution in [3.05, 3.63) is 35.4 Å². The zero-order valence-corrected chi connectivity index (χ0v) is 74.9. The average Bonchev–Trinajstić information content (AvgIpc) is 1.14. The van der Waals surface area contributed by atoms with Crippen molar-refractivity contribution in [1.29, 1.82) is 0 Å². The maximum atomic E-state index is 16.8. The number of carboxylic acids is 2. The third-order valence-corrected chi connectivity index (χ3v) is 30.2. The van der Waals surface area contributed by atoms with Gasteiger partial charge in [0, 0.05) is 11.5 Å². The predicted molar refractivity (Wildman–Crippen MR) is 434 cm³/mol. The molecule has 1 aromatic carbocycles. The molecule has 0 unspecified atom stereocenters. The number of aliphatic hydroxyl groups excluding tert-OH is 16. The number of allylic oxidation sites excluding steroid dienone is 1. The molecule has 7 saturated heterocycles. The summed E-state index contributed by atoms with van der Waals surface area (Å²) in [6, 6.07) is 3.01. The van der Waals surface area contributed by atoms with Crippen LogP contribution in [0.3, 0.4) is 0 Å². The van der Waals surface area contributed by atoms with Crippen LogP contribution in [0.25, 0.3) is 6.08 Å². The van der Waals surface area contributed by atoms with Crippen molar-refractivity contribution in [2.75, 3.05) is 61.0 Å². The number of hydrogen-bond acceptors (Lipinski definition) is 42. The van der Waals surface area contributed by atoms with Gasteiger partial charge in [0.1, 0.15) is 123 Å². The van der Waals surface area contributed by atoms with Crippen LogP contribution in [0.4, 0.5) is 0 Å². The number of rotatable bonds is 30. The molecule has 4 saturated carbocycles. The Labute approximate surface area is 753 Å². The van der Waals surface area contributed by atoms with Crippen LogP contribution >= 0.6 is 0 Å². The van der Waals surface area contributed by atoms with Gasteiger partial charge in [-0.2, -0.15) is 0 Å². The van der Waals surface area contributed by atoms with Crippen LogP contribution in [0.5, 0.6) is 17.2 Å². The number of hydrogen-bond donors (Lipinski definition) is 20. The highest BCUT2D eigenvalue weighted by Crippen LogP contribution is 2.76. The quantitative estimate of drug-likeness (QED) is 0.0114. The minimum absolute atomic E-state index is 0.0113. The number of esters is 3. The highest BCUT2D eigenvalue weighted by Gasteiger charge is 2.75. The first kappa shape index (κ1) is 103. The summed E-state index contributed by atoms with van der Waals surface area (Å²) in [5.74, 6) is -7.67. The lowest BCUT2D eigenvalue weighted by Gasteiger charge is -2.71. The Kier molecular flexibility index (Phi) is 31.0. The van der Waals surface area contributed by atoms with E-state index in [1.54, 1.807) is 0 Å². The molecule has 12 aliphatic rings. The maximum Gasteiger partial charge on any atom is 0.331 e. The number of fused-ring (bicyclic) bond motifs is 7. The van der Waals surface area contributed by atoms with Crippen molar-refractivity contribution >= 4 is 35.9 Å². The molecule has 13 rings (SSSR count). The van der Waals surface area contributed by atoms with Crippen molar-refractivity contribution in [1.82, 2.24) is 0 Å². The molecule has 44 nitrogen and oxygen atoms in total. The summed E-state index contributed by atoms with van der Waals surface area (Å²) in [4.78, 5) is 70.5. The summed E-state index contributed by atoms with van der Waals surface area (Å²) < 4.78 is 116. The fourth-order valence-corrected chi connectivity index (χ4v) is 22.9. The fourth-order valence-electron chi connectivity index (χ4n) is 22.9. The molecule has 131 heavy (non-hydrogen) atoms. The Balaban J connectivity index is 0.877. The van der Waals surface area contributed by atoms with Gasteiger partial charge in [-0.1, -0.05) is 39.3 Å². The van der Waals surface area contributed by atoms with E-state index in [1.807, 2.05) is 33.8 Å². The predicted octanol–water partition coefficient (Wildman–Crippen LogP) is -4.10. The number of methoxy groups -OCH3 is 3. The second kappa shape index (κ2) is 39.6. The zero-order valence-electron chi connectivity index (χ0n) is 74.9. The van der Waals surface area contributed by atoms with Crippen molar-refractivity contribution in [2.45, 2.75) is 341 Å². The van der Waals surface area contributed by atoms with Crippen LogP contribution < -0.4 is 14.2 Å². The second-order valence-corrected chi connectivity index (χ2v) is 39.2. The average molecular weight is 1880 g/mol. The third-order valence-electron chi connectivity index (χ3n) is 30.2. The molecule has 44 heteroatoms. The van der Waals surface area contributed by atoms with Gasteiger partial charge in [0.15, 0.2) is 67.0 Å². The Morgan fingerprint density at radius 3 is 1.71 bits per heavy atom. The van der Waals surface area contributed by atoms with Crippen LogP contribution in [0.1, 0.15) is 139 Å². The van der Waals surface area contributed by atoms with Crippen molar-refractivity contribution in [3.63, 3.8) is 0 Å². The minimum Gasteiger partial charge on any atom is -0.493 e. The lowest BCUT2D eigenvalue weighted by molar-refractivity contribution is -0.398. The second-order valence-electron chi connectivity index (χ2n) is 39.2. The first-order valence-electron chi connectivity index (χ1n) is 44.3. The van der Waals surface area contributed by atoms with E-state index >= 15 is 4.79 Å². The van der Waals surface area contributed by atoms with E-state index in [-0.39, 0.29) is 68.6 Å². The van der Waals surface area contributed by atoms with Gasteiger partial charge in [-0.05, 0) is 150 Å². The van der Waals surface area contributed by atoms with E-state index in [2.05, 4.69) is 0 Å². The number of ether oxygens (including phenoxy) is 19. The normalized spacial score (nSPS) is 46.7. The van der Waals surface area contributed by atoms with E-state index in [0.29, 0.717) is 17.6 Å². The molecule has 7 aliphatic heterocycles. The van der Waals surface area contributed by atoms with Gasteiger partial charge in [0.05, 0.1) is 108 Å². The molecule has 0 radical (unpaired) electrons. The summed E-state index contributed by atoms with van der Waals surface area (Å²) in [6.07, 6.45) is -56.3. The van der Waals surface area contributed by atoms with Crippen LogP contribution in [0, 0.1) is 50.2 Å². The smallest absolute Gasteiger partial charge is 0.331 e. The van der Waals surface area contributed by atoms with E-state index in [1.165, 1.54) is 67.2 Å². The SMILES string of the molecule is COc1cc(C=CC(=O)O[C@@H]2[C@H](O[C@@H]3O[C@@H](C)[C@H](O)[C@@H](O)[C@H]3O)[C@@H](O[C@@H]3O[C@@H](C)[C@H](O[C@@H]4OC[C@@H](O)[C@H](O[C@@H]5O[C@H](CO)[C@@H](O)[C@@H]5O)[C@H]4O)[C@@H](O[C@@H]4OC[C@](O)(COC(=O)C[C@@](C)(O)CC(=O)O)[C@H]4O)[C@H]3O)[C@H](OC(=O)[C@]34CCC(C)(C)C[C@H]3C3=CC[C@@H]5[C@@]6(C)C[C@H](O)[C@H](O[C@@H]7O[C@H](CO)[C@@H](O)[C@H](O)[C@H]7O)[C@@](C)(C(=O)O)[C@@H]6CC[C@@]5(C)[C@]3(CO)CC4)O[C@@H]2C)cc(OC)c1OC. The molecule has 5 aliphatic carbocycles. The first-order valence-corrected chi connectivity index (χ1v) is 44.3. The van der Waals surface area contributed by atoms with E-state index in [0.717, 1.165) is 13.0 Å². The molecule has 11 fully saturated rings. The van der Waals surface area contributed by atoms with Crippen molar-refractivity contribution < 1.29 is 216 Å². The molecular weight excluding hydrogens is 1750 g/mol. The Hall–Kier alpha value is -5.79. The number of carbonyl (C=O) groups is 5. The fraction of sp³-hybridized carbons (Fsp3) is 0.828. The van der Waals surface area contributed by atoms with Gasteiger partial charge >= 0.3 is 29.8 Å². The van der Waals surface area contributed by atoms with Gasteiger partial charge in [0.2, 0.25) is 12.0 Å². The number of carboxylic acid groups (broad SMARTS) is 2. The Morgan fingerprint density at radius 1 is 0.542 bits per heavy atom.